The Balaban J connectivity index is 1.37. The largest absolute Gasteiger partial charge is 0.449 e. The third kappa shape index (κ3) is 2.88. The van der Waals surface area contributed by atoms with Crippen LogP contribution in [-0.4, -0.2) is 50.3 Å². The quantitative estimate of drug-likeness (QED) is 0.918. The third-order valence-corrected chi connectivity index (χ3v) is 6.33. The highest BCUT2D eigenvalue weighted by molar-refractivity contribution is 5.70. The van der Waals surface area contributed by atoms with Crippen LogP contribution < -0.4 is 10.2 Å². The highest BCUT2D eigenvalue weighted by Crippen LogP contribution is 2.50. The van der Waals surface area contributed by atoms with Gasteiger partial charge in [-0.25, -0.2) is 4.79 Å². The van der Waals surface area contributed by atoms with Crippen molar-refractivity contribution in [2.75, 3.05) is 44.2 Å². The zero-order chi connectivity index (χ0) is 16.8. The average Bonchev–Trinajstić information content (AvgIpc) is 3.46. The topological polar surface area (TPSA) is 44.8 Å². The van der Waals surface area contributed by atoms with E-state index >= 15 is 0 Å². The van der Waals surface area contributed by atoms with Crippen molar-refractivity contribution in [3.63, 3.8) is 0 Å². The first-order valence-electron chi connectivity index (χ1n) is 9.82. The summed E-state index contributed by atoms with van der Waals surface area (Å²) < 4.78 is 5.59. The number of amides is 1. The van der Waals surface area contributed by atoms with E-state index in [0.29, 0.717) is 18.4 Å². The summed E-state index contributed by atoms with van der Waals surface area (Å²) in [5, 5.41) is 3.41. The molecule has 134 valence electrons. The normalized spacial score (nSPS) is 28.0. The lowest BCUT2D eigenvalue weighted by Gasteiger charge is -2.33. The molecular formula is C20H27N3O2. The molecule has 0 spiro atoms. The number of piperazine rings is 1. The summed E-state index contributed by atoms with van der Waals surface area (Å²) in [7, 11) is 0. The summed E-state index contributed by atoms with van der Waals surface area (Å²) in [5.74, 6) is 1.24. The lowest BCUT2D eigenvalue weighted by Crippen LogP contribution is -2.43. The van der Waals surface area contributed by atoms with Gasteiger partial charge in [0, 0.05) is 38.4 Å². The van der Waals surface area contributed by atoms with Crippen LogP contribution in [0.2, 0.25) is 0 Å². The molecule has 2 aliphatic carbocycles. The van der Waals surface area contributed by atoms with E-state index in [1.54, 1.807) is 0 Å². The van der Waals surface area contributed by atoms with E-state index in [1.807, 2.05) is 4.90 Å². The molecule has 2 saturated heterocycles. The first-order chi connectivity index (χ1) is 12.3. The Morgan fingerprint density at radius 3 is 2.76 bits per heavy atom. The van der Waals surface area contributed by atoms with Crippen LogP contribution in [0.3, 0.4) is 0 Å². The molecule has 1 saturated carbocycles. The maximum Gasteiger partial charge on any atom is 0.410 e. The zero-order valence-corrected chi connectivity index (χ0v) is 14.7. The number of benzene rings is 1. The van der Waals surface area contributed by atoms with Crippen molar-refractivity contribution in [1.29, 1.82) is 0 Å². The molecular weight excluding hydrogens is 314 g/mol. The molecule has 5 heteroatoms. The second kappa shape index (κ2) is 6.20. The van der Waals surface area contributed by atoms with Gasteiger partial charge >= 0.3 is 6.09 Å². The van der Waals surface area contributed by atoms with Crippen molar-refractivity contribution in [2.24, 2.45) is 5.92 Å². The van der Waals surface area contributed by atoms with Gasteiger partial charge in [0.15, 0.2) is 0 Å². The molecule has 3 fully saturated rings. The average molecular weight is 341 g/mol. The minimum atomic E-state index is -0.101. The van der Waals surface area contributed by atoms with Crippen molar-refractivity contribution >= 4 is 11.8 Å². The molecule has 2 bridgehead atoms. The Hall–Kier alpha value is -1.75. The van der Waals surface area contributed by atoms with Crippen molar-refractivity contribution < 1.29 is 9.53 Å². The number of nitrogens with one attached hydrogen (secondary N) is 1. The van der Waals surface area contributed by atoms with Gasteiger partial charge in [-0.15, -0.1) is 0 Å². The summed E-state index contributed by atoms with van der Waals surface area (Å²) in [6.45, 7) is 5.64. The van der Waals surface area contributed by atoms with Gasteiger partial charge in [-0.1, -0.05) is 6.07 Å². The van der Waals surface area contributed by atoms with Crippen molar-refractivity contribution in [2.45, 2.75) is 37.6 Å². The molecule has 2 heterocycles. The molecule has 1 aromatic rings. The number of nitrogens with zero attached hydrogens (tertiary/aromatic N) is 2. The second-order valence-corrected chi connectivity index (χ2v) is 8.00. The predicted octanol–water partition coefficient (Wildman–Crippen LogP) is 2.88. The van der Waals surface area contributed by atoms with E-state index < -0.39 is 0 Å². The first-order valence-corrected chi connectivity index (χ1v) is 9.82. The van der Waals surface area contributed by atoms with Crippen molar-refractivity contribution in [1.82, 2.24) is 10.2 Å². The summed E-state index contributed by atoms with van der Waals surface area (Å²) in [5.41, 5.74) is 4.13. The monoisotopic (exact) mass is 341 g/mol. The van der Waals surface area contributed by atoms with Gasteiger partial charge in [0.1, 0.15) is 0 Å². The number of rotatable bonds is 3. The van der Waals surface area contributed by atoms with Crippen LogP contribution in [0.4, 0.5) is 10.5 Å². The molecule has 0 aromatic heterocycles. The molecule has 5 rings (SSSR count). The Kier molecular flexibility index (Phi) is 3.85. The number of ether oxygens (including phenoxy) is 1. The molecule has 2 atom stereocenters. The van der Waals surface area contributed by atoms with E-state index in [2.05, 4.69) is 28.4 Å². The van der Waals surface area contributed by atoms with Crippen molar-refractivity contribution in [3.8, 4) is 0 Å². The molecule has 1 unspecified atom stereocenters. The van der Waals surface area contributed by atoms with Crippen LogP contribution in [0.15, 0.2) is 18.2 Å². The van der Waals surface area contributed by atoms with Gasteiger partial charge in [-0.05, 0) is 60.8 Å². The summed E-state index contributed by atoms with van der Waals surface area (Å²) in [6, 6.07) is 7.15. The standard InChI is InChI=1S/C20H27N3O2/c24-20(25-13-14-1-2-14)23-8-5-15-11-19(23)18-12-16(3-4-17(15)18)22-9-6-21-7-10-22/h3-4,12,14-15,19,21H,1-2,5-11,13H2/t15?,19-/m0/s1. The molecule has 1 aromatic carbocycles. The molecule has 25 heavy (non-hydrogen) atoms. The van der Waals surface area contributed by atoms with Gasteiger partial charge in [0.05, 0.1) is 12.6 Å². The second-order valence-electron chi connectivity index (χ2n) is 8.00. The van der Waals surface area contributed by atoms with Crippen LogP contribution in [-0.2, 0) is 4.74 Å². The minimum Gasteiger partial charge on any atom is -0.449 e. The number of hydrogen-bond acceptors (Lipinski definition) is 4. The predicted molar refractivity (Wildman–Crippen MR) is 97.0 cm³/mol. The number of carbonyl (C=O) groups excluding carboxylic acids is 1. The minimum absolute atomic E-state index is 0.101. The van der Waals surface area contributed by atoms with Gasteiger partial charge < -0.3 is 19.9 Å². The lowest BCUT2D eigenvalue weighted by molar-refractivity contribution is 0.0714. The maximum atomic E-state index is 12.6. The van der Waals surface area contributed by atoms with Gasteiger partial charge in [-0.2, -0.15) is 0 Å². The summed E-state index contributed by atoms with van der Waals surface area (Å²) in [6.07, 6.45) is 4.47. The van der Waals surface area contributed by atoms with E-state index in [9.17, 15) is 4.79 Å². The highest BCUT2D eigenvalue weighted by atomic mass is 16.6. The Morgan fingerprint density at radius 2 is 1.96 bits per heavy atom. The smallest absolute Gasteiger partial charge is 0.410 e. The molecule has 1 N–H and O–H groups in total. The number of piperidine rings is 1. The number of anilines is 1. The number of carbonyl (C=O) groups is 1. The molecule has 2 aliphatic heterocycles. The number of likely N-dealkylation sites (tertiary alicyclic amines) is 1. The van der Waals surface area contributed by atoms with Crippen LogP contribution >= 0.6 is 0 Å². The number of fused-ring (bicyclic) bond motifs is 5. The fourth-order valence-corrected chi connectivity index (χ4v) is 4.66. The molecule has 1 amide bonds. The fourth-order valence-electron chi connectivity index (χ4n) is 4.66. The summed E-state index contributed by atoms with van der Waals surface area (Å²) >= 11 is 0. The summed E-state index contributed by atoms with van der Waals surface area (Å²) in [4.78, 5) is 17.0. The van der Waals surface area contributed by atoms with Crippen LogP contribution in [0.5, 0.6) is 0 Å². The van der Waals surface area contributed by atoms with Crippen LogP contribution in [0, 0.1) is 5.92 Å². The number of hydrogen-bond donors (Lipinski definition) is 1. The molecule has 5 nitrogen and oxygen atoms in total. The SMILES string of the molecule is O=C(OCC1CC1)N1CCC2C[C@H]1c1cc(N3CCNCC3)ccc12. The maximum absolute atomic E-state index is 12.6. The van der Waals surface area contributed by atoms with E-state index in [4.69, 9.17) is 4.74 Å². The zero-order valence-electron chi connectivity index (χ0n) is 14.7. The Bertz CT molecular complexity index is 667. The fraction of sp³-hybridized carbons (Fsp3) is 0.650. The first kappa shape index (κ1) is 15.5. The third-order valence-electron chi connectivity index (χ3n) is 6.33. The molecule has 4 aliphatic rings. The lowest BCUT2D eigenvalue weighted by atomic mass is 9.96. The van der Waals surface area contributed by atoms with Gasteiger partial charge in [0.25, 0.3) is 0 Å². The van der Waals surface area contributed by atoms with E-state index in [0.717, 1.165) is 45.6 Å². The van der Waals surface area contributed by atoms with Gasteiger partial charge in [-0.3, -0.25) is 0 Å². The van der Waals surface area contributed by atoms with Crippen LogP contribution in [0.1, 0.15) is 48.8 Å². The Morgan fingerprint density at radius 1 is 1.12 bits per heavy atom. The van der Waals surface area contributed by atoms with E-state index in [1.165, 1.54) is 29.7 Å². The highest BCUT2D eigenvalue weighted by Gasteiger charge is 2.42. The van der Waals surface area contributed by atoms with E-state index in [-0.39, 0.29) is 12.1 Å². The van der Waals surface area contributed by atoms with Crippen molar-refractivity contribution in [3.05, 3.63) is 29.3 Å². The molecule has 0 radical (unpaired) electrons. The van der Waals surface area contributed by atoms with Crippen LogP contribution in [0.25, 0.3) is 0 Å². The van der Waals surface area contributed by atoms with Gasteiger partial charge in [0.2, 0.25) is 0 Å². The Labute approximate surface area is 149 Å².